The minimum absolute atomic E-state index is 0.342. The van der Waals surface area contributed by atoms with E-state index in [4.69, 9.17) is 0 Å². The van der Waals surface area contributed by atoms with Crippen LogP contribution in [-0.2, 0) is 0 Å². The van der Waals surface area contributed by atoms with E-state index in [1.54, 1.807) is 0 Å². The van der Waals surface area contributed by atoms with Crippen LogP contribution in [0.1, 0.15) is 0 Å². The number of aromatic nitrogens is 8. The predicted molar refractivity (Wildman–Crippen MR) is 41.0 cm³/mol. The number of hydrogen-bond acceptors (Lipinski definition) is 6. The molecule has 0 aromatic carbocycles. The van der Waals surface area contributed by atoms with Gasteiger partial charge in [0.15, 0.2) is 0 Å². The molecular formula is C4H4N8O2. The third kappa shape index (κ3) is 0.903. The molecule has 0 aliphatic heterocycles. The molecule has 14 heavy (non-hydrogen) atoms. The molecule has 0 amide bonds. The van der Waals surface area contributed by atoms with Crippen LogP contribution in [0.5, 0.6) is 0 Å². The van der Waals surface area contributed by atoms with Crippen molar-refractivity contribution >= 4 is 22.6 Å². The van der Waals surface area contributed by atoms with Crippen molar-refractivity contribution in [1.82, 2.24) is 41.0 Å². The first kappa shape index (κ1) is 6.94. The van der Waals surface area contributed by atoms with E-state index >= 15 is 0 Å². The zero-order valence-electron chi connectivity index (χ0n) is 6.61. The molecule has 0 unspecified atom stereocenters. The van der Waals surface area contributed by atoms with Crippen molar-refractivity contribution < 1.29 is 9.26 Å². The highest BCUT2D eigenvalue weighted by molar-refractivity contribution is 5.64. The lowest BCUT2D eigenvalue weighted by molar-refractivity contribution is 0.311. The van der Waals surface area contributed by atoms with Crippen LogP contribution in [0.25, 0.3) is 22.6 Å². The minimum Gasteiger partial charge on any atom is -0.293 e. The van der Waals surface area contributed by atoms with Gasteiger partial charge in [-0.15, -0.1) is 20.4 Å². The Hall–Kier alpha value is -2.52. The van der Waals surface area contributed by atoms with E-state index in [0.717, 1.165) is 0 Å². The molecule has 3 heterocycles. The van der Waals surface area contributed by atoms with E-state index in [1.807, 2.05) is 0 Å². The molecule has 3 aromatic rings. The molecular weight excluding hydrogens is 192 g/mol. The van der Waals surface area contributed by atoms with Gasteiger partial charge in [-0.2, -0.15) is 20.6 Å². The van der Waals surface area contributed by atoms with Crippen molar-refractivity contribution in [2.75, 3.05) is 0 Å². The number of H-pyrrole nitrogens is 4. The Kier molecular flexibility index (Phi) is 1.23. The molecule has 0 bridgehead atoms. The van der Waals surface area contributed by atoms with Gasteiger partial charge >= 0.3 is 0 Å². The first-order chi connectivity index (χ1) is 6.93. The molecule has 4 N–H and O–H groups in total. The van der Waals surface area contributed by atoms with E-state index in [2.05, 4.69) is 50.3 Å². The Labute approximate surface area is 73.9 Å². The number of nitrogens with zero attached hydrogens (tertiary/aromatic N) is 4. The predicted octanol–water partition coefficient (Wildman–Crippen LogP) is -0.242. The van der Waals surface area contributed by atoms with Gasteiger partial charge in [0.1, 0.15) is 0 Å². The van der Waals surface area contributed by atoms with Crippen molar-refractivity contribution in [2.45, 2.75) is 0 Å². The molecule has 10 heteroatoms. The molecule has 0 spiro atoms. The highest BCUT2D eigenvalue weighted by Gasteiger charge is 2.00. The lowest BCUT2D eigenvalue weighted by Crippen LogP contribution is -1.87. The maximum absolute atomic E-state index is 4.65. The molecule has 0 atom stereocenters. The van der Waals surface area contributed by atoms with Gasteiger partial charge in [0, 0.05) is 0 Å². The summed E-state index contributed by atoms with van der Waals surface area (Å²) < 4.78 is 9.31. The van der Waals surface area contributed by atoms with Gasteiger partial charge < -0.3 is 0 Å². The Morgan fingerprint density at radius 3 is 1.14 bits per heavy atom. The average Bonchev–Trinajstić information content (AvgIpc) is 2.75. The fraction of sp³-hybridized carbons (Fsp3) is 0. The quantitative estimate of drug-likeness (QED) is 0.391. The highest BCUT2D eigenvalue weighted by atomic mass is 16.6. The summed E-state index contributed by atoms with van der Waals surface area (Å²) in [5.41, 5.74) is 1.37. The fourth-order valence-corrected chi connectivity index (χ4v) is 0.909. The Morgan fingerprint density at radius 2 is 0.857 bits per heavy atom. The Bertz CT molecular complexity index is 508. The van der Waals surface area contributed by atoms with Crippen LogP contribution in [0.2, 0.25) is 0 Å². The summed E-state index contributed by atoms with van der Waals surface area (Å²) in [6.45, 7) is 0. The van der Waals surface area contributed by atoms with Crippen LogP contribution in [0, 0.1) is 0 Å². The summed E-state index contributed by atoms with van der Waals surface area (Å²) in [4.78, 5) is 0. The third-order valence-corrected chi connectivity index (χ3v) is 1.54. The maximum Gasteiger partial charge on any atom is 0.231 e. The fourth-order valence-electron chi connectivity index (χ4n) is 0.909. The zero-order chi connectivity index (χ0) is 9.38. The SMILES string of the molecule is n1nc2[nH]o[nH]c2nnc2[nH]o[nH]c12. The molecule has 0 aliphatic carbocycles. The summed E-state index contributed by atoms with van der Waals surface area (Å²) in [6.07, 6.45) is 0. The van der Waals surface area contributed by atoms with Gasteiger partial charge in [-0.25, -0.2) is 0 Å². The molecule has 0 aliphatic rings. The van der Waals surface area contributed by atoms with Gasteiger partial charge in [0.2, 0.25) is 22.6 Å². The summed E-state index contributed by atoms with van der Waals surface area (Å²) in [5, 5.41) is 25.0. The second-order valence-electron chi connectivity index (χ2n) is 2.41. The molecule has 0 fully saturated rings. The summed E-state index contributed by atoms with van der Waals surface area (Å²) in [5.74, 6) is 0. The summed E-state index contributed by atoms with van der Waals surface area (Å²) in [7, 11) is 0. The Balaban J connectivity index is 2.50. The molecule has 0 saturated carbocycles. The zero-order valence-corrected chi connectivity index (χ0v) is 6.61. The van der Waals surface area contributed by atoms with Crippen molar-refractivity contribution in [1.29, 1.82) is 0 Å². The van der Waals surface area contributed by atoms with Gasteiger partial charge in [0.25, 0.3) is 0 Å². The van der Waals surface area contributed by atoms with E-state index in [-0.39, 0.29) is 0 Å². The van der Waals surface area contributed by atoms with Crippen molar-refractivity contribution in [3.8, 4) is 0 Å². The number of nitrogens with one attached hydrogen (secondary N) is 4. The number of hydrogen-bond donors (Lipinski definition) is 4. The van der Waals surface area contributed by atoms with E-state index < -0.39 is 0 Å². The van der Waals surface area contributed by atoms with Crippen LogP contribution < -0.4 is 0 Å². The van der Waals surface area contributed by atoms with Crippen LogP contribution in [0.3, 0.4) is 0 Å². The second kappa shape index (κ2) is 2.48. The monoisotopic (exact) mass is 196 g/mol. The van der Waals surface area contributed by atoms with Crippen molar-refractivity contribution in [3.63, 3.8) is 0 Å². The lowest BCUT2D eigenvalue weighted by Gasteiger charge is -1.79. The van der Waals surface area contributed by atoms with Crippen molar-refractivity contribution in [2.24, 2.45) is 0 Å². The normalized spacial score (nSPS) is 10.9. The Morgan fingerprint density at radius 1 is 0.571 bits per heavy atom. The van der Waals surface area contributed by atoms with Gasteiger partial charge in [-0.1, -0.05) is 0 Å². The maximum atomic E-state index is 4.65. The van der Waals surface area contributed by atoms with Crippen molar-refractivity contribution in [3.05, 3.63) is 0 Å². The van der Waals surface area contributed by atoms with Crippen LogP contribution in [0.15, 0.2) is 9.26 Å². The van der Waals surface area contributed by atoms with Crippen LogP contribution in [-0.4, -0.2) is 41.0 Å². The topological polar surface area (TPSA) is 141 Å². The second-order valence-corrected chi connectivity index (χ2v) is 2.41. The lowest BCUT2D eigenvalue weighted by atomic mass is 10.7. The van der Waals surface area contributed by atoms with Crippen LogP contribution in [0.4, 0.5) is 0 Å². The number of rotatable bonds is 0. The number of fused-ring (bicyclic) bond motifs is 2. The molecule has 0 saturated heterocycles. The highest BCUT2D eigenvalue weighted by Crippen LogP contribution is 1.99. The first-order valence-corrected chi connectivity index (χ1v) is 3.61. The molecule has 0 radical (unpaired) electrons. The molecule has 72 valence electrons. The van der Waals surface area contributed by atoms with Gasteiger partial charge in [-0.3, -0.25) is 9.26 Å². The first-order valence-electron chi connectivity index (χ1n) is 3.61. The van der Waals surface area contributed by atoms with E-state index in [1.165, 1.54) is 0 Å². The minimum atomic E-state index is 0.342. The summed E-state index contributed by atoms with van der Waals surface area (Å²) >= 11 is 0. The standard InChI is InChI=1S/C4H4N8O2/c5-1-2(10-13-9-1)6-8-4-3(7-5)11-14-12-4/h(H,5,9)(H,6,10)(H,7,11)(H,8,12). The van der Waals surface area contributed by atoms with E-state index in [9.17, 15) is 0 Å². The molecule has 3 rings (SSSR count). The van der Waals surface area contributed by atoms with Gasteiger partial charge in [0.05, 0.1) is 0 Å². The molecule has 3 aromatic heterocycles. The summed E-state index contributed by atoms with van der Waals surface area (Å²) in [6, 6.07) is 0. The van der Waals surface area contributed by atoms with Gasteiger partial charge in [-0.05, 0) is 0 Å². The largest absolute Gasteiger partial charge is 0.293 e. The van der Waals surface area contributed by atoms with E-state index in [0.29, 0.717) is 22.6 Å². The van der Waals surface area contributed by atoms with Crippen LogP contribution >= 0.6 is 0 Å². The third-order valence-electron chi connectivity index (χ3n) is 1.54. The smallest absolute Gasteiger partial charge is 0.231 e. The molecule has 10 nitrogen and oxygen atoms in total. The number of aromatic amines is 4. The average molecular weight is 196 g/mol.